The van der Waals surface area contributed by atoms with Gasteiger partial charge in [-0.05, 0) is 49.0 Å². The number of amidine groups is 1. The van der Waals surface area contributed by atoms with Gasteiger partial charge >= 0.3 is 0 Å². The molecule has 5 rings (SSSR count). The van der Waals surface area contributed by atoms with E-state index in [0.717, 1.165) is 46.2 Å². The Bertz CT molecular complexity index is 1100. The van der Waals surface area contributed by atoms with Gasteiger partial charge in [0.2, 0.25) is 0 Å². The van der Waals surface area contributed by atoms with Crippen molar-refractivity contribution in [3.8, 4) is 0 Å². The lowest BCUT2D eigenvalue weighted by atomic mass is 9.87. The molecule has 0 N–H and O–H groups in total. The van der Waals surface area contributed by atoms with Crippen molar-refractivity contribution in [2.75, 3.05) is 7.05 Å². The molecule has 5 aliphatic rings. The van der Waals surface area contributed by atoms with Gasteiger partial charge in [-0.3, -0.25) is 4.90 Å². The van der Waals surface area contributed by atoms with Gasteiger partial charge < -0.3 is 4.90 Å². The molecule has 0 spiro atoms. The first-order valence-corrected chi connectivity index (χ1v) is 12.0. The summed E-state index contributed by atoms with van der Waals surface area (Å²) in [7, 11) is 2.10. The second kappa shape index (κ2) is 8.48. The molecule has 3 heteroatoms. The molecule has 1 unspecified atom stereocenters. The van der Waals surface area contributed by atoms with E-state index in [1.165, 1.54) is 44.2 Å². The van der Waals surface area contributed by atoms with E-state index >= 15 is 0 Å². The molecule has 0 aromatic carbocycles. The predicted molar refractivity (Wildman–Crippen MR) is 133 cm³/mol. The Kier molecular flexibility index (Phi) is 5.53. The second-order valence-corrected chi connectivity index (χ2v) is 9.51. The summed E-state index contributed by atoms with van der Waals surface area (Å²) in [5.74, 6) is 3.10. The van der Waals surface area contributed by atoms with E-state index in [9.17, 15) is 0 Å². The summed E-state index contributed by atoms with van der Waals surface area (Å²) in [6, 6.07) is 0. The lowest BCUT2D eigenvalue weighted by Gasteiger charge is -2.43. The zero-order chi connectivity index (χ0) is 22.2. The van der Waals surface area contributed by atoms with Crippen molar-refractivity contribution in [1.29, 1.82) is 0 Å². The van der Waals surface area contributed by atoms with Crippen LogP contribution < -0.4 is 0 Å². The topological polar surface area (TPSA) is 18.8 Å². The Labute approximate surface area is 192 Å². The van der Waals surface area contributed by atoms with Crippen LogP contribution in [-0.2, 0) is 0 Å². The maximum Gasteiger partial charge on any atom is 0.144 e. The third kappa shape index (κ3) is 3.51. The van der Waals surface area contributed by atoms with Crippen LogP contribution in [-0.4, -0.2) is 22.7 Å². The van der Waals surface area contributed by atoms with Crippen molar-refractivity contribution < 1.29 is 0 Å². The quantitative estimate of drug-likeness (QED) is 0.355. The highest BCUT2D eigenvalue weighted by molar-refractivity contribution is 5.93. The molecule has 0 radical (unpaired) electrons. The van der Waals surface area contributed by atoms with Crippen LogP contribution >= 0.6 is 0 Å². The van der Waals surface area contributed by atoms with Gasteiger partial charge in [0.1, 0.15) is 11.7 Å². The SMILES string of the molecule is C=C1C2=C=CC=CC=C2N(C)C2=C1C(=C)N(C1=CC(C)CC=C1)C(C1CCCCCC1)=N2. The van der Waals surface area contributed by atoms with Crippen LogP contribution in [0.15, 0.2) is 106 Å². The molecule has 1 saturated carbocycles. The molecule has 0 amide bonds. The van der Waals surface area contributed by atoms with Crippen LogP contribution in [0.4, 0.5) is 0 Å². The number of fused-ring (bicyclic) bond motifs is 1. The highest BCUT2D eigenvalue weighted by Crippen LogP contribution is 2.45. The van der Waals surface area contributed by atoms with E-state index in [0.29, 0.717) is 11.8 Å². The van der Waals surface area contributed by atoms with E-state index in [2.05, 4.69) is 73.0 Å². The zero-order valence-electron chi connectivity index (χ0n) is 19.4. The van der Waals surface area contributed by atoms with Gasteiger partial charge in [-0.1, -0.05) is 70.1 Å². The fourth-order valence-corrected chi connectivity index (χ4v) is 5.46. The van der Waals surface area contributed by atoms with Gasteiger partial charge in [-0.25, -0.2) is 4.99 Å². The molecular formula is C29H33N3. The summed E-state index contributed by atoms with van der Waals surface area (Å²) in [4.78, 5) is 9.93. The van der Waals surface area contributed by atoms with E-state index in [-0.39, 0.29) is 0 Å². The first-order chi connectivity index (χ1) is 15.6. The Morgan fingerprint density at radius 3 is 2.62 bits per heavy atom. The Morgan fingerprint density at radius 1 is 1.09 bits per heavy atom. The van der Waals surface area contributed by atoms with Gasteiger partial charge in [0.05, 0.1) is 11.4 Å². The minimum Gasteiger partial charge on any atom is -0.328 e. The number of nitrogens with zero attached hydrogens (tertiary/aromatic N) is 3. The van der Waals surface area contributed by atoms with Crippen molar-refractivity contribution in [3.63, 3.8) is 0 Å². The van der Waals surface area contributed by atoms with Crippen molar-refractivity contribution >= 4 is 5.84 Å². The fraction of sp³-hybridized carbons (Fsp3) is 0.379. The average Bonchev–Trinajstić information content (AvgIpc) is 3.20. The lowest BCUT2D eigenvalue weighted by Crippen LogP contribution is -2.41. The first-order valence-electron chi connectivity index (χ1n) is 12.0. The molecule has 0 aromatic heterocycles. The molecule has 0 bridgehead atoms. The molecule has 2 aliphatic heterocycles. The Hall–Kier alpha value is -3.03. The maximum atomic E-state index is 5.39. The molecule has 3 nitrogen and oxygen atoms in total. The molecule has 1 fully saturated rings. The number of hydrogen-bond acceptors (Lipinski definition) is 3. The molecule has 32 heavy (non-hydrogen) atoms. The van der Waals surface area contributed by atoms with Crippen LogP contribution in [0.25, 0.3) is 0 Å². The zero-order valence-corrected chi connectivity index (χ0v) is 19.4. The minimum absolute atomic E-state index is 0.455. The molecule has 2 heterocycles. The minimum atomic E-state index is 0.455. The average molecular weight is 424 g/mol. The van der Waals surface area contributed by atoms with E-state index < -0.39 is 0 Å². The third-order valence-corrected chi connectivity index (χ3v) is 7.19. The van der Waals surface area contributed by atoms with Crippen LogP contribution in [0.1, 0.15) is 51.9 Å². The van der Waals surface area contributed by atoms with Crippen LogP contribution in [0.3, 0.4) is 0 Å². The van der Waals surface area contributed by atoms with Gasteiger partial charge in [-0.15, -0.1) is 5.73 Å². The summed E-state index contributed by atoms with van der Waals surface area (Å²) in [5, 5.41) is 0. The van der Waals surface area contributed by atoms with Gasteiger partial charge in [0, 0.05) is 29.8 Å². The predicted octanol–water partition coefficient (Wildman–Crippen LogP) is 6.91. The maximum absolute atomic E-state index is 5.39. The van der Waals surface area contributed by atoms with Gasteiger partial charge in [-0.2, -0.15) is 0 Å². The summed E-state index contributed by atoms with van der Waals surface area (Å²) < 4.78 is 0. The van der Waals surface area contributed by atoms with Gasteiger partial charge in [0.15, 0.2) is 0 Å². The lowest BCUT2D eigenvalue weighted by molar-refractivity contribution is 0.461. The molecule has 164 valence electrons. The smallest absolute Gasteiger partial charge is 0.144 e. The number of aliphatic imine (C=N–C) groups is 1. The highest BCUT2D eigenvalue weighted by atomic mass is 15.3. The Morgan fingerprint density at radius 2 is 1.88 bits per heavy atom. The van der Waals surface area contributed by atoms with E-state index in [1.807, 2.05) is 12.2 Å². The molecule has 0 aromatic rings. The first kappa shape index (κ1) is 20.8. The van der Waals surface area contributed by atoms with Crippen LogP contribution in [0.5, 0.6) is 0 Å². The standard InChI is InChI=1S/C29H33N3/c1-20-13-12-16-24(19-20)32-22(3)27-21(2)25-17-10-7-11-18-26(25)31(4)29(27)30-28(32)23-14-8-5-6-9-15-23/h7,10-12,16,18-20,23H,2-3,5-6,8-9,13-15H2,1,4H3. The normalized spacial score (nSPS) is 26.1. The highest BCUT2D eigenvalue weighted by Gasteiger charge is 2.39. The molecule has 3 aliphatic carbocycles. The van der Waals surface area contributed by atoms with Crippen molar-refractivity contribution in [2.45, 2.75) is 51.9 Å². The number of hydrogen-bond donors (Lipinski definition) is 0. The molecular weight excluding hydrogens is 390 g/mol. The summed E-state index contributed by atoms with van der Waals surface area (Å²) in [5.41, 5.74) is 9.72. The molecule has 1 atom stereocenters. The van der Waals surface area contributed by atoms with Crippen molar-refractivity contribution in [2.24, 2.45) is 16.8 Å². The largest absolute Gasteiger partial charge is 0.328 e. The second-order valence-electron chi connectivity index (χ2n) is 9.51. The van der Waals surface area contributed by atoms with Crippen molar-refractivity contribution in [3.05, 3.63) is 101 Å². The van der Waals surface area contributed by atoms with E-state index in [1.54, 1.807) is 0 Å². The number of rotatable bonds is 2. The number of allylic oxidation sites excluding steroid dienone is 8. The van der Waals surface area contributed by atoms with Gasteiger partial charge in [0.25, 0.3) is 0 Å². The summed E-state index contributed by atoms with van der Waals surface area (Å²) in [6.07, 6.45) is 23.8. The summed E-state index contributed by atoms with van der Waals surface area (Å²) >= 11 is 0. The van der Waals surface area contributed by atoms with Crippen molar-refractivity contribution in [1.82, 2.24) is 9.80 Å². The van der Waals surface area contributed by atoms with Crippen LogP contribution in [0, 0.1) is 11.8 Å². The summed E-state index contributed by atoms with van der Waals surface area (Å²) in [6.45, 7) is 11.4. The monoisotopic (exact) mass is 423 g/mol. The number of likely N-dealkylation sites (N-methyl/N-ethyl adjacent to an activating group) is 1. The third-order valence-electron chi connectivity index (χ3n) is 7.19. The Balaban J connectivity index is 1.67. The molecule has 0 saturated heterocycles. The van der Waals surface area contributed by atoms with Crippen LogP contribution in [0.2, 0.25) is 0 Å². The fourth-order valence-electron chi connectivity index (χ4n) is 5.46. The van der Waals surface area contributed by atoms with E-state index in [4.69, 9.17) is 4.99 Å².